The van der Waals surface area contributed by atoms with Crippen molar-refractivity contribution in [3.63, 3.8) is 0 Å². The number of benzene rings is 1. The van der Waals surface area contributed by atoms with Crippen LogP contribution in [0.4, 0.5) is 0 Å². The Morgan fingerprint density at radius 3 is 2.71 bits per heavy atom. The van der Waals surface area contributed by atoms with Crippen molar-refractivity contribution in [1.82, 2.24) is 19.7 Å². The molecule has 8 nitrogen and oxygen atoms in total. The van der Waals surface area contributed by atoms with Gasteiger partial charge in [0, 0.05) is 37.3 Å². The lowest BCUT2D eigenvalue weighted by molar-refractivity contribution is 0.0760. The molecule has 0 aliphatic carbocycles. The summed E-state index contributed by atoms with van der Waals surface area (Å²) >= 11 is 0. The first kappa shape index (κ1) is 20.7. The van der Waals surface area contributed by atoms with E-state index >= 15 is 0 Å². The fourth-order valence-electron chi connectivity index (χ4n) is 3.74. The van der Waals surface area contributed by atoms with E-state index in [9.17, 15) is 4.79 Å². The monoisotopic (exact) mass is 422 g/mol. The van der Waals surface area contributed by atoms with E-state index in [1.54, 1.807) is 36.9 Å². The standard InChI is InChI=1S/C23H26N4O4/c1-15-6-5-7-22(24-15)31-17-10-11-27(14-17)23(28)20-13-19(25-26(20)2)18-12-16(29-3)8-9-21(18)30-4/h5-9,12-13,17H,10-11,14H2,1-4H3. The van der Waals surface area contributed by atoms with Crippen LogP contribution in [0, 0.1) is 6.92 Å². The van der Waals surface area contributed by atoms with Gasteiger partial charge in [-0.3, -0.25) is 9.48 Å². The highest BCUT2D eigenvalue weighted by Crippen LogP contribution is 2.33. The predicted molar refractivity (Wildman–Crippen MR) is 116 cm³/mol. The zero-order chi connectivity index (χ0) is 22.0. The average molecular weight is 422 g/mol. The van der Waals surface area contributed by atoms with E-state index < -0.39 is 0 Å². The van der Waals surface area contributed by atoms with E-state index in [4.69, 9.17) is 14.2 Å². The second-order valence-electron chi connectivity index (χ2n) is 7.50. The Morgan fingerprint density at radius 2 is 1.97 bits per heavy atom. The Morgan fingerprint density at radius 1 is 1.13 bits per heavy atom. The van der Waals surface area contributed by atoms with Crippen LogP contribution >= 0.6 is 0 Å². The van der Waals surface area contributed by atoms with Crippen LogP contribution in [-0.4, -0.2) is 59.0 Å². The summed E-state index contributed by atoms with van der Waals surface area (Å²) in [6.07, 6.45) is 0.680. The molecule has 1 amide bonds. The minimum absolute atomic E-state index is 0.0774. The van der Waals surface area contributed by atoms with Crippen LogP contribution in [0.5, 0.6) is 17.4 Å². The van der Waals surface area contributed by atoms with E-state index in [1.807, 2.05) is 43.3 Å². The highest BCUT2D eigenvalue weighted by atomic mass is 16.5. The molecule has 1 atom stereocenters. The third-order valence-corrected chi connectivity index (χ3v) is 5.36. The van der Waals surface area contributed by atoms with Gasteiger partial charge in [0.05, 0.1) is 26.5 Å². The summed E-state index contributed by atoms with van der Waals surface area (Å²) in [6.45, 7) is 3.06. The van der Waals surface area contributed by atoms with Gasteiger partial charge in [-0.15, -0.1) is 0 Å². The van der Waals surface area contributed by atoms with Crippen LogP contribution in [0.15, 0.2) is 42.5 Å². The third-order valence-electron chi connectivity index (χ3n) is 5.36. The maximum atomic E-state index is 13.2. The molecule has 1 aliphatic rings. The minimum atomic E-state index is -0.0792. The van der Waals surface area contributed by atoms with Gasteiger partial charge in [0.25, 0.3) is 5.91 Å². The van der Waals surface area contributed by atoms with Crippen molar-refractivity contribution in [2.24, 2.45) is 7.05 Å². The molecular formula is C23H26N4O4. The van der Waals surface area contributed by atoms with Gasteiger partial charge in [0.15, 0.2) is 0 Å². The molecule has 3 aromatic rings. The number of carbonyl (C=O) groups excluding carboxylic acids is 1. The van der Waals surface area contributed by atoms with Crippen LogP contribution < -0.4 is 14.2 Å². The molecule has 1 fully saturated rings. The summed E-state index contributed by atoms with van der Waals surface area (Å²) in [6, 6.07) is 13.0. The summed E-state index contributed by atoms with van der Waals surface area (Å²) < 4.78 is 18.4. The molecule has 1 aromatic carbocycles. The Labute approximate surface area is 181 Å². The first-order valence-electron chi connectivity index (χ1n) is 10.1. The highest BCUT2D eigenvalue weighted by Gasteiger charge is 2.30. The Hall–Kier alpha value is -3.55. The molecular weight excluding hydrogens is 396 g/mol. The number of likely N-dealkylation sites (tertiary alicyclic amines) is 1. The Kier molecular flexibility index (Phi) is 5.79. The van der Waals surface area contributed by atoms with Crippen LogP contribution in [0.1, 0.15) is 22.6 Å². The number of ether oxygens (including phenoxy) is 3. The molecule has 0 N–H and O–H groups in total. The summed E-state index contributed by atoms with van der Waals surface area (Å²) in [5.74, 6) is 1.87. The van der Waals surface area contributed by atoms with Crippen molar-refractivity contribution < 1.29 is 19.0 Å². The maximum absolute atomic E-state index is 13.2. The Balaban J connectivity index is 1.51. The summed E-state index contributed by atoms with van der Waals surface area (Å²) in [5, 5.41) is 4.55. The van der Waals surface area contributed by atoms with Crippen LogP contribution in [0.25, 0.3) is 11.3 Å². The van der Waals surface area contributed by atoms with Gasteiger partial charge < -0.3 is 19.1 Å². The molecule has 2 aromatic heterocycles. The number of carbonyl (C=O) groups is 1. The molecule has 0 spiro atoms. The first-order chi connectivity index (χ1) is 15.0. The molecule has 4 rings (SSSR count). The number of methoxy groups -OCH3 is 2. The highest BCUT2D eigenvalue weighted by molar-refractivity contribution is 5.94. The minimum Gasteiger partial charge on any atom is -0.497 e. The van der Waals surface area contributed by atoms with Crippen LogP contribution in [-0.2, 0) is 7.05 Å². The lowest BCUT2D eigenvalue weighted by Crippen LogP contribution is -2.32. The Bertz CT molecular complexity index is 1090. The zero-order valence-electron chi connectivity index (χ0n) is 18.2. The number of rotatable bonds is 6. The van der Waals surface area contributed by atoms with E-state index in [-0.39, 0.29) is 12.0 Å². The molecule has 8 heteroatoms. The topological polar surface area (TPSA) is 78.7 Å². The van der Waals surface area contributed by atoms with Crippen molar-refractivity contribution in [3.8, 4) is 28.6 Å². The van der Waals surface area contributed by atoms with E-state index in [2.05, 4.69) is 10.1 Å². The van der Waals surface area contributed by atoms with Gasteiger partial charge in [0.2, 0.25) is 5.88 Å². The van der Waals surface area contributed by atoms with Crippen molar-refractivity contribution in [2.45, 2.75) is 19.4 Å². The molecule has 1 saturated heterocycles. The summed E-state index contributed by atoms with van der Waals surface area (Å²) in [4.78, 5) is 19.4. The maximum Gasteiger partial charge on any atom is 0.272 e. The van der Waals surface area contributed by atoms with Crippen molar-refractivity contribution in [1.29, 1.82) is 0 Å². The number of hydrogen-bond donors (Lipinski definition) is 0. The third kappa shape index (κ3) is 4.33. The first-order valence-corrected chi connectivity index (χ1v) is 10.1. The largest absolute Gasteiger partial charge is 0.497 e. The average Bonchev–Trinajstić information content (AvgIpc) is 3.39. The second kappa shape index (κ2) is 8.67. The van der Waals surface area contributed by atoms with Crippen LogP contribution in [0.2, 0.25) is 0 Å². The van der Waals surface area contributed by atoms with Crippen molar-refractivity contribution >= 4 is 5.91 Å². The normalized spacial score (nSPS) is 15.7. The lowest BCUT2D eigenvalue weighted by atomic mass is 10.1. The van der Waals surface area contributed by atoms with Crippen LogP contribution in [0.3, 0.4) is 0 Å². The number of aryl methyl sites for hydroxylation is 2. The second-order valence-corrected chi connectivity index (χ2v) is 7.50. The van der Waals surface area contributed by atoms with E-state index in [0.717, 1.165) is 17.7 Å². The van der Waals surface area contributed by atoms with E-state index in [1.165, 1.54) is 0 Å². The summed E-state index contributed by atoms with van der Waals surface area (Å²) in [5.41, 5.74) is 2.83. The molecule has 0 radical (unpaired) electrons. The van der Waals surface area contributed by atoms with Gasteiger partial charge in [-0.05, 0) is 37.3 Å². The molecule has 0 saturated carbocycles. The molecule has 3 heterocycles. The molecule has 31 heavy (non-hydrogen) atoms. The fourth-order valence-corrected chi connectivity index (χ4v) is 3.74. The smallest absolute Gasteiger partial charge is 0.272 e. The van der Waals surface area contributed by atoms with Gasteiger partial charge in [0.1, 0.15) is 23.3 Å². The van der Waals surface area contributed by atoms with Gasteiger partial charge in [-0.1, -0.05) is 6.07 Å². The lowest BCUT2D eigenvalue weighted by Gasteiger charge is -2.17. The fraction of sp³-hybridized carbons (Fsp3) is 0.348. The number of hydrogen-bond acceptors (Lipinski definition) is 6. The summed E-state index contributed by atoms with van der Waals surface area (Å²) in [7, 11) is 4.98. The quantitative estimate of drug-likeness (QED) is 0.607. The zero-order valence-corrected chi connectivity index (χ0v) is 18.2. The number of aromatic nitrogens is 3. The van der Waals surface area contributed by atoms with Crippen molar-refractivity contribution in [2.75, 3.05) is 27.3 Å². The number of nitrogens with zero attached hydrogens (tertiary/aromatic N) is 4. The molecule has 1 unspecified atom stereocenters. The SMILES string of the molecule is COc1ccc(OC)c(-c2cc(C(=O)N3CCC(Oc4cccc(C)n4)C3)n(C)n2)c1. The van der Waals surface area contributed by atoms with Crippen molar-refractivity contribution in [3.05, 3.63) is 53.9 Å². The predicted octanol–water partition coefficient (Wildman–Crippen LogP) is 3.10. The molecule has 1 aliphatic heterocycles. The van der Waals surface area contributed by atoms with E-state index in [0.29, 0.717) is 41.9 Å². The number of amides is 1. The number of pyridine rings is 1. The van der Waals surface area contributed by atoms with Gasteiger partial charge >= 0.3 is 0 Å². The van der Waals surface area contributed by atoms with Gasteiger partial charge in [-0.25, -0.2) is 4.98 Å². The van der Waals surface area contributed by atoms with Gasteiger partial charge in [-0.2, -0.15) is 5.10 Å². The molecule has 162 valence electrons. The molecule has 0 bridgehead atoms.